The zero-order valence-corrected chi connectivity index (χ0v) is 10.5. The molecule has 2 rings (SSSR count). The first-order chi connectivity index (χ1) is 8.68. The summed E-state index contributed by atoms with van der Waals surface area (Å²) in [4.78, 5) is 11.5. The SMILES string of the molecule is CC(C)C(=O)NCc1cnnn1-c1ccccc1. The van der Waals surface area contributed by atoms with E-state index in [-0.39, 0.29) is 11.8 Å². The maximum absolute atomic E-state index is 11.5. The molecule has 0 atom stereocenters. The van der Waals surface area contributed by atoms with Crippen LogP contribution in [-0.2, 0) is 11.3 Å². The van der Waals surface area contributed by atoms with Crippen LogP contribution in [0, 0.1) is 5.92 Å². The second kappa shape index (κ2) is 5.44. The maximum atomic E-state index is 11.5. The zero-order valence-electron chi connectivity index (χ0n) is 10.5. The van der Waals surface area contributed by atoms with Gasteiger partial charge in [0.1, 0.15) is 0 Å². The van der Waals surface area contributed by atoms with Gasteiger partial charge >= 0.3 is 0 Å². The van der Waals surface area contributed by atoms with Crippen LogP contribution in [0.2, 0.25) is 0 Å². The number of hydrogen-bond donors (Lipinski definition) is 1. The van der Waals surface area contributed by atoms with Crippen molar-refractivity contribution in [2.24, 2.45) is 5.92 Å². The summed E-state index contributed by atoms with van der Waals surface area (Å²) in [5, 5.41) is 10.8. The average Bonchev–Trinajstić information content (AvgIpc) is 2.85. The number of carbonyl (C=O) groups is 1. The number of carbonyl (C=O) groups excluding carboxylic acids is 1. The fraction of sp³-hybridized carbons (Fsp3) is 0.308. The molecular formula is C13H16N4O. The van der Waals surface area contributed by atoms with Crippen LogP contribution < -0.4 is 5.32 Å². The number of nitrogens with one attached hydrogen (secondary N) is 1. The van der Waals surface area contributed by atoms with Crippen molar-refractivity contribution in [3.8, 4) is 5.69 Å². The number of nitrogens with zero attached hydrogens (tertiary/aromatic N) is 3. The maximum Gasteiger partial charge on any atom is 0.222 e. The van der Waals surface area contributed by atoms with Crippen molar-refractivity contribution in [3.63, 3.8) is 0 Å². The Morgan fingerprint density at radius 1 is 1.33 bits per heavy atom. The van der Waals surface area contributed by atoms with Gasteiger partial charge in [-0.05, 0) is 12.1 Å². The van der Waals surface area contributed by atoms with E-state index in [2.05, 4.69) is 15.6 Å². The Kier molecular flexibility index (Phi) is 3.72. The largest absolute Gasteiger partial charge is 0.350 e. The van der Waals surface area contributed by atoms with Gasteiger partial charge in [-0.3, -0.25) is 4.79 Å². The Morgan fingerprint density at radius 3 is 2.72 bits per heavy atom. The zero-order chi connectivity index (χ0) is 13.0. The molecule has 0 saturated heterocycles. The number of rotatable bonds is 4. The molecule has 18 heavy (non-hydrogen) atoms. The summed E-state index contributed by atoms with van der Waals surface area (Å²) in [6.07, 6.45) is 1.66. The molecule has 0 bridgehead atoms. The van der Waals surface area contributed by atoms with E-state index in [4.69, 9.17) is 0 Å². The normalized spacial score (nSPS) is 10.6. The summed E-state index contributed by atoms with van der Waals surface area (Å²) in [5.74, 6) is 0.00173. The molecule has 0 fully saturated rings. The summed E-state index contributed by atoms with van der Waals surface area (Å²) in [6.45, 7) is 4.16. The highest BCUT2D eigenvalue weighted by Crippen LogP contribution is 2.08. The molecule has 0 saturated carbocycles. The van der Waals surface area contributed by atoms with Crippen molar-refractivity contribution in [2.45, 2.75) is 20.4 Å². The van der Waals surface area contributed by atoms with Gasteiger partial charge in [0.2, 0.25) is 5.91 Å². The van der Waals surface area contributed by atoms with Crippen LogP contribution in [0.5, 0.6) is 0 Å². The predicted octanol–water partition coefficient (Wildman–Crippen LogP) is 1.54. The number of para-hydroxylation sites is 1. The van der Waals surface area contributed by atoms with Gasteiger partial charge in [-0.25, -0.2) is 4.68 Å². The third-order valence-corrected chi connectivity index (χ3v) is 2.59. The third-order valence-electron chi connectivity index (χ3n) is 2.59. The number of amides is 1. The third kappa shape index (κ3) is 2.74. The Hall–Kier alpha value is -2.17. The molecule has 0 aliphatic heterocycles. The van der Waals surface area contributed by atoms with Crippen LogP contribution in [0.4, 0.5) is 0 Å². The lowest BCUT2D eigenvalue weighted by atomic mass is 10.2. The number of benzene rings is 1. The standard InChI is InChI=1S/C13H16N4O/c1-10(2)13(18)14-8-12-9-15-16-17(12)11-6-4-3-5-7-11/h3-7,9-10H,8H2,1-2H3,(H,14,18). The minimum atomic E-state index is -0.0222. The highest BCUT2D eigenvalue weighted by atomic mass is 16.1. The quantitative estimate of drug-likeness (QED) is 0.887. The fourth-order valence-corrected chi connectivity index (χ4v) is 1.55. The van der Waals surface area contributed by atoms with E-state index in [0.717, 1.165) is 11.4 Å². The molecule has 0 aliphatic carbocycles. The monoisotopic (exact) mass is 244 g/mol. The van der Waals surface area contributed by atoms with Crippen LogP contribution >= 0.6 is 0 Å². The molecule has 0 unspecified atom stereocenters. The molecule has 1 aromatic carbocycles. The van der Waals surface area contributed by atoms with Crippen molar-refractivity contribution in [2.75, 3.05) is 0 Å². The Bertz CT molecular complexity index is 519. The van der Waals surface area contributed by atoms with E-state index in [0.29, 0.717) is 6.54 Å². The molecule has 1 heterocycles. The molecule has 0 spiro atoms. The number of hydrogen-bond acceptors (Lipinski definition) is 3. The highest BCUT2D eigenvalue weighted by molar-refractivity contribution is 5.77. The second-order valence-corrected chi connectivity index (χ2v) is 4.35. The van der Waals surface area contributed by atoms with Gasteiger partial charge in [0.05, 0.1) is 24.1 Å². The molecule has 5 heteroatoms. The van der Waals surface area contributed by atoms with Gasteiger partial charge in [-0.2, -0.15) is 0 Å². The molecule has 1 N–H and O–H groups in total. The van der Waals surface area contributed by atoms with Crippen molar-refractivity contribution in [1.29, 1.82) is 0 Å². The topological polar surface area (TPSA) is 59.8 Å². The van der Waals surface area contributed by atoms with Gasteiger partial charge in [-0.1, -0.05) is 37.3 Å². The molecular weight excluding hydrogens is 228 g/mol. The average molecular weight is 244 g/mol. The van der Waals surface area contributed by atoms with E-state index < -0.39 is 0 Å². The van der Waals surface area contributed by atoms with Crippen LogP contribution in [0.15, 0.2) is 36.5 Å². The first kappa shape index (κ1) is 12.3. The van der Waals surface area contributed by atoms with Gasteiger partial charge in [0.15, 0.2) is 0 Å². The molecule has 1 amide bonds. The van der Waals surface area contributed by atoms with Crippen molar-refractivity contribution >= 4 is 5.91 Å². The summed E-state index contributed by atoms with van der Waals surface area (Å²) in [7, 11) is 0. The van der Waals surface area contributed by atoms with E-state index >= 15 is 0 Å². The lowest BCUT2D eigenvalue weighted by Crippen LogP contribution is -2.28. The summed E-state index contributed by atoms with van der Waals surface area (Å²) in [5.41, 5.74) is 1.79. The smallest absolute Gasteiger partial charge is 0.222 e. The second-order valence-electron chi connectivity index (χ2n) is 4.35. The Labute approximate surface area is 106 Å². The van der Waals surface area contributed by atoms with Crippen LogP contribution in [0.1, 0.15) is 19.5 Å². The molecule has 94 valence electrons. The minimum absolute atomic E-state index is 0.0222. The molecule has 0 radical (unpaired) electrons. The van der Waals surface area contributed by atoms with Gasteiger partial charge in [0.25, 0.3) is 0 Å². The van der Waals surface area contributed by atoms with Crippen molar-refractivity contribution in [3.05, 3.63) is 42.2 Å². The first-order valence-electron chi connectivity index (χ1n) is 5.91. The lowest BCUT2D eigenvalue weighted by molar-refractivity contribution is -0.124. The molecule has 1 aromatic heterocycles. The van der Waals surface area contributed by atoms with Gasteiger partial charge < -0.3 is 5.32 Å². The summed E-state index contributed by atoms with van der Waals surface area (Å²) in [6, 6.07) is 9.71. The fourth-order valence-electron chi connectivity index (χ4n) is 1.55. The molecule has 2 aromatic rings. The van der Waals surface area contributed by atoms with Gasteiger partial charge in [0, 0.05) is 5.92 Å². The van der Waals surface area contributed by atoms with E-state index in [1.54, 1.807) is 10.9 Å². The lowest BCUT2D eigenvalue weighted by Gasteiger charge is -2.09. The van der Waals surface area contributed by atoms with Gasteiger partial charge in [-0.15, -0.1) is 5.10 Å². The minimum Gasteiger partial charge on any atom is -0.350 e. The molecule has 5 nitrogen and oxygen atoms in total. The predicted molar refractivity (Wildman–Crippen MR) is 68.0 cm³/mol. The first-order valence-corrected chi connectivity index (χ1v) is 5.91. The van der Waals surface area contributed by atoms with Crippen LogP contribution in [0.25, 0.3) is 5.69 Å². The van der Waals surface area contributed by atoms with E-state index in [1.807, 2.05) is 44.2 Å². The molecule has 0 aliphatic rings. The Morgan fingerprint density at radius 2 is 2.06 bits per heavy atom. The van der Waals surface area contributed by atoms with Crippen LogP contribution in [0.3, 0.4) is 0 Å². The van der Waals surface area contributed by atoms with E-state index in [1.165, 1.54) is 0 Å². The number of aromatic nitrogens is 3. The van der Waals surface area contributed by atoms with E-state index in [9.17, 15) is 4.79 Å². The highest BCUT2D eigenvalue weighted by Gasteiger charge is 2.09. The van der Waals surface area contributed by atoms with Crippen LogP contribution in [-0.4, -0.2) is 20.9 Å². The summed E-state index contributed by atoms with van der Waals surface area (Å²) < 4.78 is 1.72. The van der Waals surface area contributed by atoms with Crippen molar-refractivity contribution in [1.82, 2.24) is 20.3 Å². The van der Waals surface area contributed by atoms with Crippen molar-refractivity contribution < 1.29 is 4.79 Å². The Balaban J connectivity index is 2.12. The summed E-state index contributed by atoms with van der Waals surface area (Å²) >= 11 is 0.